The van der Waals surface area contributed by atoms with Crippen LogP contribution in [-0.4, -0.2) is 62.2 Å². The van der Waals surface area contributed by atoms with E-state index in [4.69, 9.17) is 4.74 Å². The number of ether oxygens (including phenoxy) is 1. The summed E-state index contributed by atoms with van der Waals surface area (Å²) in [5.41, 5.74) is 2.78. The number of rotatable bonds is 7. The number of piperazine rings is 1. The van der Waals surface area contributed by atoms with Gasteiger partial charge in [-0.25, -0.2) is 0 Å². The number of nitrogens with one attached hydrogen (secondary N) is 1. The van der Waals surface area contributed by atoms with Gasteiger partial charge in [-0.2, -0.15) is 0 Å². The number of carbonyl (C=O) groups excluding carboxylic acids is 1. The largest absolute Gasteiger partial charge is 0.497 e. The molecular formula is C24H28N4O2. The standard InChI is InChI=1S/C24H28N4O2/c1-30-20-9-7-19(8-10-20)28-17-15-27(16-18-28)14-4-12-26-24(29)22-11-13-25-23-6-3-2-5-21(22)23/h2-3,5-11,13H,4,12,14-18H2,1H3,(H,26,29). The normalized spacial score (nSPS) is 14.6. The molecule has 0 aliphatic carbocycles. The molecule has 0 saturated carbocycles. The summed E-state index contributed by atoms with van der Waals surface area (Å²) >= 11 is 0. The molecule has 0 atom stereocenters. The van der Waals surface area contributed by atoms with Gasteiger partial charge < -0.3 is 15.0 Å². The van der Waals surface area contributed by atoms with E-state index >= 15 is 0 Å². The topological polar surface area (TPSA) is 57.7 Å². The number of hydrogen-bond acceptors (Lipinski definition) is 5. The second-order valence-corrected chi connectivity index (χ2v) is 7.51. The van der Waals surface area contributed by atoms with E-state index in [1.807, 2.05) is 36.4 Å². The number of para-hydroxylation sites is 1. The first-order valence-corrected chi connectivity index (χ1v) is 10.5. The molecular weight excluding hydrogens is 376 g/mol. The number of carbonyl (C=O) groups is 1. The zero-order chi connectivity index (χ0) is 20.8. The third kappa shape index (κ3) is 4.71. The lowest BCUT2D eigenvalue weighted by Gasteiger charge is -2.36. The first-order valence-electron chi connectivity index (χ1n) is 10.5. The Morgan fingerprint density at radius 1 is 1.03 bits per heavy atom. The molecule has 6 heteroatoms. The Morgan fingerprint density at radius 2 is 1.80 bits per heavy atom. The van der Waals surface area contributed by atoms with E-state index in [1.165, 1.54) is 5.69 Å². The molecule has 1 aliphatic rings. The third-order valence-electron chi connectivity index (χ3n) is 5.64. The summed E-state index contributed by atoms with van der Waals surface area (Å²) in [7, 11) is 1.69. The highest BCUT2D eigenvalue weighted by molar-refractivity contribution is 6.05. The average molecular weight is 405 g/mol. The minimum Gasteiger partial charge on any atom is -0.497 e. The van der Waals surface area contributed by atoms with Gasteiger partial charge in [0.05, 0.1) is 18.2 Å². The van der Waals surface area contributed by atoms with Crippen LogP contribution in [0.15, 0.2) is 60.8 Å². The lowest BCUT2D eigenvalue weighted by molar-refractivity contribution is 0.0953. The van der Waals surface area contributed by atoms with Crippen LogP contribution in [0, 0.1) is 0 Å². The van der Waals surface area contributed by atoms with Gasteiger partial charge in [0.25, 0.3) is 5.91 Å². The summed E-state index contributed by atoms with van der Waals surface area (Å²) in [6, 6.07) is 17.8. The molecule has 2 heterocycles. The molecule has 0 spiro atoms. The molecule has 0 radical (unpaired) electrons. The Hall–Kier alpha value is -3.12. The molecule has 2 aromatic carbocycles. The average Bonchev–Trinajstić information content (AvgIpc) is 2.82. The van der Waals surface area contributed by atoms with Gasteiger partial charge in [0.2, 0.25) is 0 Å². The van der Waals surface area contributed by atoms with Crippen molar-refractivity contribution in [2.24, 2.45) is 0 Å². The van der Waals surface area contributed by atoms with E-state index in [2.05, 4.69) is 32.2 Å². The first kappa shape index (κ1) is 20.2. The van der Waals surface area contributed by atoms with Crippen molar-refractivity contribution in [3.8, 4) is 5.75 Å². The zero-order valence-electron chi connectivity index (χ0n) is 17.4. The van der Waals surface area contributed by atoms with Gasteiger partial charge in [-0.15, -0.1) is 0 Å². The number of benzene rings is 2. The quantitative estimate of drug-likeness (QED) is 0.613. The highest BCUT2D eigenvalue weighted by atomic mass is 16.5. The van der Waals surface area contributed by atoms with Crippen LogP contribution >= 0.6 is 0 Å². The number of aromatic nitrogens is 1. The van der Waals surface area contributed by atoms with Crippen molar-refractivity contribution in [2.75, 3.05) is 51.3 Å². The number of methoxy groups -OCH3 is 1. The van der Waals surface area contributed by atoms with Crippen LogP contribution in [0.1, 0.15) is 16.8 Å². The summed E-state index contributed by atoms with van der Waals surface area (Å²) in [6.45, 7) is 5.77. The van der Waals surface area contributed by atoms with Crippen molar-refractivity contribution in [1.29, 1.82) is 0 Å². The van der Waals surface area contributed by atoms with E-state index in [-0.39, 0.29) is 5.91 Å². The molecule has 1 saturated heterocycles. The highest BCUT2D eigenvalue weighted by Gasteiger charge is 2.17. The zero-order valence-corrected chi connectivity index (χ0v) is 17.4. The van der Waals surface area contributed by atoms with Gasteiger partial charge >= 0.3 is 0 Å². The molecule has 0 unspecified atom stereocenters. The van der Waals surface area contributed by atoms with Crippen molar-refractivity contribution < 1.29 is 9.53 Å². The van der Waals surface area contributed by atoms with Gasteiger partial charge in [-0.3, -0.25) is 14.7 Å². The molecule has 30 heavy (non-hydrogen) atoms. The molecule has 1 N–H and O–H groups in total. The number of fused-ring (bicyclic) bond motifs is 1. The maximum atomic E-state index is 12.6. The number of hydrogen-bond donors (Lipinski definition) is 1. The molecule has 0 bridgehead atoms. The monoisotopic (exact) mass is 404 g/mol. The van der Waals surface area contributed by atoms with Crippen LogP contribution in [0.5, 0.6) is 5.75 Å². The van der Waals surface area contributed by atoms with Gasteiger partial charge in [-0.05, 0) is 49.4 Å². The smallest absolute Gasteiger partial charge is 0.252 e. The Kier molecular flexibility index (Phi) is 6.44. The molecule has 156 valence electrons. The predicted octanol–water partition coefficient (Wildman–Crippen LogP) is 3.19. The lowest BCUT2D eigenvalue weighted by atomic mass is 10.1. The van der Waals surface area contributed by atoms with E-state index in [9.17, 15) is 4.79 Å². The van der Waals surface area contributed by atoms with Crippen LogP contribution in [-0.2, 0) is 0 Å². The maximum absolute atomic E-state index is 12.6. The Morgan fingerprint density at radius 3 is 2.57 bits per heavy atom. The van der Waals surface area contributed by atoms with E-state index in [0.29, 0.717) is 12.1 Å². The predicted molar refractivity (Wildman–Crippen MR) is 120 cm³/mol. The number of amides is 1. The summed E-state index contributed by atoms with van der Waals surface area (Å²) < 4.78 is 5.23. The minimum absolute atomic E-state index is 0.0297. The van der Waals surface area contributed by atoms with Crippen molar-refractivity contribution in [3.05, 3.63) is 66.4 Å². The van der Waals surface area contributed by atoms with E-state index in [0.717, 1.165) is 55.8 Å². The van der Waals surface area contributed by atoms with Crippen molar-refractivity contribution in [2.45, 2.75) is 6.42 Å². The molecule has 1 aromatic heterocycles. The van der Waals surface area contributed by atoms with Crippen molar-refractivity contribution in [3.63, 3.8) is 0 Å². The van der Waals surface area contributed by atoms with Gasteiger partial charge in [0.1, 0.15) is 5.75 Å². The fraction of sp³-hybridized carbons (Fsp3) is 0.333. The van der Waals surface area contributed by atoms with E-state index in [1.54, 1.807) is 19.4 Å². The summed E-state index contributed by atoms with van der Waals surface area (Å²) in [5, 5.41) is 3.96. The fourth-order valence-electron chi connectivity index (χ4n) is 3.92. The van der Waals surface area contributed by atoms with Crippen LogP contribution in [0.25, 0.3) is 10.9 Å². The van der Waals surface area contributed by atoms with Crippen LogP contribution in [0.2, 0.25) is 0 Å². The van der Waals surface area contributed by atoms with Crippen molar-refractivity contribution in [1.82, 2.24) is 15.2 Å². The lowest BCUT2D eigenvalue weighted by Crippen LogP contribution is -2.47. The molecule has 4 rings (SSSR count). The maximum Gasteiger partial charge on any atom is 0.252 e. The Balaban J connectivity index is 1.20. The Bertz CT molecular complexity index is 977. The van der Waals surface area contributed by atoms with Crippen LogP contribution < -0.4 is 15.0 Å². The fourth-order valence-corrected chi connectivity index (χ4v) is 3.92. The Labute approximate surface area is 177 Å². The molecule has 3 aromatic rings. The first-order chi connectivity index (χ1) is 14.7. The number of pyridine rings is 1. The van der Waals surface area contributed by atoms with Crippen LogP contribution in [0.3, 0.4) is 0 Å². The summed E-state index contributed by atoms with van der Waals surface area (Å²) in [6.07, 6.45) is 2.64. The summed E-state index contributed by atoms with van der Waals surface area (Å²) in [4.78, 5) is 21.8. The number of nitrogens with zero attached hydrogens (tertiary/aromatic N) is 3. The minimum atomic E-state index is -0.0297. The molecule has 1 fully saturated rings. The van der Waals surface area contributed by atoms with Gasteiger partial charge in [0.15, 0.2) is 0 Å². The highest BCUT2D eigenvalue weighted by Crippen LogP contribution is 2.20. The molecule has 1 amide bonds. The summed E-state index contributed by atoms with van der Waals surface area (Å²) in [5.74, 6) is 0.858. The third-order valence-corrected chi connectivity index (χ3v) is 5.64. The SMILES string of the molecule is COc1ccc(N2CCN(CCCNC(=O)c3ccnc4ccccc34)CC2)cc1. The van der Waals surface area contributed by atoms with Gasteiger partial charge in [0, 0.05) is 50.0 Å². The second-order valence-electron chi connectivity index (χ2n) is 7.51. The van der Waals surface area contributed by atoms with Gasteiger partial charge in [-0.1, -0.05) is 18.2 Å². The number of anilines is 1. The van der Waals surface area contributed by atoms with Crippen LogP contribution in [0.4, 0.5) is 5.69 Å². The molecule has 1 aliphatic heterocycles. The van der Waals surface area contributed by atoms with Crippen molar-refractivity contribution >= 4 is 22.5 Å². The van der Waals surface area contributed by atoms with E-state index < -0.39 is 0 Å². The second kappa shape index (κ2) is 9.59. The molecule has 6 nitrogen and oxygen atoms in total.